The van der Waals surface area contributed by atoms with Crippen molar-refractivity contribution in [2.45, 2.75) is 51.0 Å². The largest absolute Gasteiger partial charge is 0.569 e. The third-order valence-corrected chi connectivity index (χ3v) is 8.26. The molecule has 19 heteroatoms. The molecule has 1 fully saturated rings. The number of hydrogen-bond donors (Lipinski definition) is 1. The molecule has 1 aliphatic heterocycles. The number of nitrogens with one attached hydrogen (secondary N) is 1. The van der Waals surface area contributed by atoms with Crippen LogP contribution in [0.5, 0.6) is 0 Å². The molecule has 4 rings (SSSR count). The van der Waals surface area contributed by atoms with Gasteiger partial charge in [0.05, 0.1) is 47.5 Å². The Bertz CT molecular complexity index is 1720. The fourth-order valence-corrected chi connectivity index (χ4v) is 5.50. The SMILES string of the molecule is CCOC(=O)OC(C)O/N=[N+](\[O-])N1CCCC(COC(=O)NS(=O)(=O)c2ccc(-n3nc(C(F)(F)F)cc3-c3ccc(C)cc3)cc2)C1. The Labute approximate surface area is 273 Å². The van der Waals surface area contributed by atoms with E-state index in [0.717, 1.165) is 28.4 Å². The number of nitrogens with zero attached hydrogens (tertiary/aromatic N) is 5. The van der Waals surface area contributed by atoms with Gasteiger partial charge in [0.25, 0.3) is 16.3 Å². The predicted octanol–water partition coefficient (Wildman–Crippen LogP) is 5.32. The van der Waals surface area contributed by atoms with Crippen molar-refractivity contribution in [1.29, 1.82) is 0 Å². The van der Waals surface area contributed by atoms with Gasteiger partial charge in [0, 0.05) is 18.4 Å². The van der Waals surface area contributed by atoms with Crippen LogP contribution in [0.25, 0.3) is 16.9 Å². The summed E-state index contributed by atoms with van der Waals surface area (Å²) in [6.07, 6.45) is -7.09. The van der Waals surface area contributed by atoms with E-state index >= 15 is 0 Å². The summed E-state index contributed by atoms with van der Waals surface area (Å²) in [5, 5.41) is 20.6. The number of rotatable bonds is 11. The molecule has 3 aromatic rings. The van der Waals surface area contributed by atoms with Crippen molar-refractivity contribution in [3.63, 3.8) is 0 Å². The number of piperidine rings is 1. The molecule has 0 saturated carbocycles. The molecule has 1 saturated heterocycles. The summed E-state index contributed by atoms with van der Waals surface area (Å²) in [5.41, 5.74) is 0.534. The van der Waals surface area contributed by atoms with Crippen LogP contribution >= 0.6 is 0 Å². The van der Waals surface area contributed by atoms with Crippen LogP contribution in [0.15, 0.2) is 64.8 Å². The molecule has 2 aromatic carbocycles. The number of hydrogen-bond acceptors (Lipinski definition) is 11. The second-order valence-corrected chi connectivity index (χ2v) is 12.3. The van der Waals surface area contributed by atoms with Crippen molar-refractivity contribution in [2.75, 3.05) is 26.3 Å². The van der Waals surface area contributed by atoms with Gasteiger partial charge < -0.3 is 19.4 Å². The van der Waals surface area contributed by atoms with Gasteiger partial charge in [0.1, 0.15) is 0 Å². The highest BCUT2D eigenvalue weighted by Crippen LogP contribution is 2.33. The van der Waals surface area contributed by atoms with Crippen LogP contribution in [0.3, 0.4) is 0 Å². The zero-order valence-corrected chi connectivity index (χ0v) is 26.9. The number of alkyl halides is 3. The van der Waals surface area contributed by atoms with E-state index in [2.05, 4.69) is 15.1 Å². The van der Waals surface area contributed by atoms with Gasteiger partial charge in [0.15, 0.2) is 5.69 Å². The molecule has 0 spiro atoms. The van der Waals surface area contributed by atoms with Crippen molar-refractivity contribution in [2.24, 2.45) is 11.2 Å². The maximum absolute atomic E-state index is 13.5. The van der Waals surface area contributed by atoms with Gasteiger partial charge in [-0.05, 0) is 57.0 Å². The van der Waals surface area contributed by atoms with E-state index in [4.69, 9.17) is 14.3 Å². The fraction of sp³-hybridized carbons (Fsp3) is 0.414. The van der Waals surface area contributed by atoms with Gasteiger partial charge in [-0.25, -0.2) is 27.4 Å². The van der Waals surface area contributed by atoms with E-state index in [1.165, 1.54) is 24.1 Å². The summed E-state index contributed by atoms with van der Waals surface area (Å²) in [5.74, 6) is -0.357. The Balaban J connectivity index is 1.35. The number of halogens is 3. The first kappa shape index (κ1) is 35.8. The van der Waals surface area contributed by atoms with Crippen molar-refractivity contribution in [1.82, 2.24) is 19.5 Å². The number of ether oxygens (including phenoxy) is 3. The predicted molar refractivity (Wildman–Crippen MR) is 159 cm³/mol. The molecule has 1 aromatic heterocycles. The maximum Gasteiger partial charge on any atom is 0.511 e. The Kier molecular flexibility index (Phi) is 11.3. The van der Waals surface area contributed by atoms with Crippen molar-refractivity contribution >= 4 is 22.3 Å². The Morgan fingerprint density at radius 3 is 2.48 bits per heavy atom. The standard InChI is InChI=1S/C29H33F3N6O9S/c1-4-44-28(40)46-20(3)47-35-38(41)36-15-5-6-21(17-36)18-45-27(39)34-48(42,43)24-13-11-23(12-14-24)37-25(16-26(33-37)29(30,31)32)22-9-7-19(2)8-10-22/h7-14,16,20-21H,4-6,15,17-18H2,1-3H3,(H,34,39)/b38-35-. The number of carbonyl (C=O) groups excluding carboxylic acids is 2. The van der Waals surface area contributed by atoms with Crippen molar-refractivity contribution < 1.29 is 55.2 Å². The topological polar surface area (TPSA) is 177 Å². The molecule has 15 nitrogen and oxygen atoms in total. The number of aryl methyl sites for hydroxylation is 1. The van der Waals surface area contributed by atoms with Gasteiger partial charge in [-0.2, -0.15) is 18.3 Å². The Hall–Kier alpha value is -5.07. The Morgan fingerprint density at radius 1 is 1.15 bits per heavy atom. The van der Waals surface area contributed by atoms with Crippen LogP contribution in [-0.4, -0.2) is 73.0 Å². The van der Waals surface area contributed by atoms with E-state index in [1.54, 1.807) is 35.9 Å². The number of sulfonamides is 1. The summed E-state index contributed by atoms with van der Waals surface area (Å²) in [6, 6.07) is 12.4. The molecular formula is C29H33F3N6O9S. The van der Waals surface area contributed by atoms with Crippen LogP contribution in [-0.2, 0) is 35.2 Å². The van der Waals surface area contributed by atoms with Gasteiger partial charge in [-0.15, -0.1) is 5.01 Å². The summed E-state index contributed by atoms with van der Waals surface area (Å²) in [6.45, 7) is 5.01. The van der Waals surface area contributed by atoms with Gasteiger partial charge in [-0.3, -0.25) is 4.84 Å². The first-order valence-electron chi connectivity index (χ1n) is 14.6. The molecule has 0 aliphatic carbocycles. The fourth-order valence-electron chi connectivity index (χ4n) is 4.61. The normalized spacial score (nSPS) is 16.2. The second-order valence-electron chi connectivity index (χ2n) is 10.6. The van der Waals surface area contributed by atoms with Crippen molar-refractivity contribution in [3.05, 3.63) is 71.1 Å². The molecule has 260 valence electrons. The zero-order chi connectivity index (χ0) is 35.1. The molecule has 1 aliphatic rings. The van der Waals surface area contributed by atoms with Crippen LogP contribution in [0.4, 0.5) is 22.8 Å². The van der Waals surface area contributed by atoms with E-state index < -0.39 is 40.4 Å². The lowest BCUT2D eigenvalue weighted by Gasteiger charge is -2.28. The number of carbonyl (C=O) groups is 2. The highest BCUT2D eigenvalue weighted by atomic mass is 32.2. The molecule has 48 heavy (non-hydrogen) atoms. The third-order valence-electron chi connectivity index (χ3n) is 6.94. The average Bonchev–Trinajstić information content (AvgIpc) is 3.50. The van der Waals surface area contributed by atoms with Crippen LogP contribution in [0.1, 0.15) is 37.9 Å². The number of aromatic nitrogens is 2. The molecule has 2 heterocycles. The minimum atomic E-state index is -4.72. The van der Waals surface area contributed by atoms with E-state index in [1.807, 2.05) is 6.92 Å². The molecule has 1 amide bonds. The van der Waals surface area contributed by atoms with Crippen LogP contribution < -0.4 is 4.72 Å². The zero-order valence-electron chi connectivity index (χ0n) is 26.0. The summed E-state index contributed by atoms with van der Waals surface area (Å²) in [4.78, 5) is 28.4. The molecule has 2 unspecified atom stereocenters. The number of benzene rings is 2. The van der Waals surface area contributed by atoms with Crippen LogP contribution in [0, 0.1) is 18.0 Å². The van der Waals surface area contributed by atoms with Gasteiger partial charge in [-0.1, -0.05) is 29.8 Å². The summed E-state index contributed by atoms with van der Waals surface area (Å²) < 4.78 is 83.6. The molecule has 0 bridgehead atoms. The molecule has 1 N–H and O–H groups in total. The smallest absolute Gasteiger partial charge is 0.511 e. The van der Waals surface area contributed by atoms with E-state index in [0.29, 0.717) is 24.9 Å². The highest BCUT2D eigenvalue weighted by molar-refractivity contribution is 7.90. The maximum atomic E-state index is 13.5. The minimum absolute atomic E-state index is 0.0884. The quantitative estimate of drug-likeness (QED) is 0.0901. The van der Waals surface area contributed by atoms with Crippen LogP contribution in [0.2, 0.25) is 0 Å². The van der Waals surface area contributed by atoms with Gasteiger partial charge >= 0.3 is 18.4 Å². The van der Waals surface area contributed by atoms with E-state index in [-0.39, 0.29) is 46.9 Å². The first-order chi connectivity index (χ1) is 22.7. The lowest BCUT2D eigenvalue weighted by molar-refractivity contribution is -0.716. The minimum Gasteiger partial charge on any atom is -0.569 e. The average molecular weight is 699 g/mol. The lowest BCUT2D eigenvalue weighted by Crippen LogP contribution is -2.42. The summed E-state index contributed by atoms with van der Waals surface area (Å²) >= 11 is 0. The second kappa shape index (κ2) is 15.2. The number of amides is 1. The highest BCUT2D eigenvalue weighted by Gasteiger charge is 2.35. The molecule has 0 radical (unpaired) electrons. The lowest BCUT2D eigenvalue weighted by atomic mass is 10.0. The molecular weight excluding hydrogens is 665 g/mol. The monoisotopic (exact) mass is 698 g/mol. The van der Waals surface area contributed by atoms with Crippen molar-refractivity contribution in [3.8, 4) is 16.9 Å². The molecule has 2 atom stereocenters. The first-order valence-corrected chi connectivity index (χ1v) is 16.1. The van der Waals surface area contributed by atoms with E-state index in [9.17, 15) is 36.4 Å². The van der Waals surface area contributed by atoms with Gasteiger partial charge in [0.2, 0.25) is 5.28 Å². The Morgan fingerprint density at radius 2 is 1.83 bits per heavy atom. The summed E-state index contributed by atoms with van der Waals surface area (Å²) in [7, 11) is -4.43. The number of hydrazine groups is 1. The third kappa shape index (κ3) is 9.49.